The fourth-order valence-electron chi connectivity index (χ4n) is 1.56. The zero-order valence-electron chi connectivity index (χ0n) is 10.9. The van der Waals surface area contributed by atoms with Crippen LogP contribution < -0.4 is 11.1 Å². The van der Waals surface area contributed by atoms with E-state index in [2.05, 4.69) is 15.6 Å². The lowest BCUT2D eigenvalue weighted by Gasteiger charge is -2.11. The quantitative estimate of drug-likeness (QED) is 0.843. The molecule has 8 heteroatoms. The standard InChI is InChI=1S/C12H15N5O2.ClH/c1-19-8-11(13)12(18)15-9-3-2-4-10(7-9)17-6-5-14-16-17;/h2-7,11H,8,13H2,1H3,(H,15,18);1H. The van der Waals surface area contributed by atoms with E-state index in [-0.39, 0.29) is 24.9 Å². The average molecular weight is 298 g/mol. The molecule has 1 amide bonds. The Kier molecular flexibility index (Phi) is 6.10. The molecular weight excluding hydrogens is 282 g/mol. The maximum absolute atomic E-state index is 11.7. The topological polar surface area (TPSA) is 95.1 Å². The summed E-state index contributed by atoms with van der Waals surface area (Å²) in [6.45, 7) is 0.175. The molecule has 0 aliphatic heterocycles. The van der Waals surface area contributed by atoms with Gasteiger partial charge in [0, 0.05) is 12.8 Å². The molecule has 1 atom stereocenters. The number of methoxy groups -OCH3 is 1. The van der Waals surface area contributed by atoms with Crippen molar-refractivity contribution < 1.29 is 9.53 Å². The highest BCUT2D eigenvalue weighted by Crippen LogP contribution is 2.13. The Balaban J connectivity index is 0.00000200. The lowest BCUT2D eigenvalue weighted by molar-refractivity contribution is -0.118. The fourth-order valence-corrected chi connectivity index (χ4v) is 1.56. The molecule has 2 aromatic rings. The minimum atomic E-state index is -0.694. The van der Waals surface area contributed by atoms with Gasteiger partial charge in [-0.25, -0.2) is 4.68 Å². The molecule has 0 aliphatic carbocycles. The summed E-state index contributed by atoms with van der Waals surface area (Å²) in [7, 11) is 1.50. The molecule has 0 radical (unpaired) electrons. The number of hydrogen-bond acceptors (Lipinski definition) is 5. The predicted molar refractivity (Wildman–Crippen MR) is 77.1 cm³/mol. The maximum atomic E-state index is 11.7. The number of halogens is 1. The number of rotatable bonds is 5. The molecule has 0 spiro atoms. The number of nitrogens with zero attached hydrogens (tertiary/aromatic N) is 3. The Bertz CT molecular complexity index is 547. The van der Waals surface area contributed by atoms with Crippen LogP contribution in [0.25, 0.3) is 5.69 Å². The van der Waals surface area contributed by atoms with Crippen LogP contribution in [-0.2, 0) is 9.53 Å². The van der Waals surface area contributed by atoms with Gasteiger partial charge in [-0.05, 0) is 18.2 Å². The van der Waals surface area contributed by atoms with Gasteiger partial charge in [0.05, 0.1) is 24.7 Å². The number of carbonyl (C=O) groups is 1. The van der Waals surface area contributed by atoms with Crippen molar-refractivity contribution in [3.05, 3.63) is 36.7 Å². The highest BCUT2D eigenvalue weighted by atomic mass is 35.5. The number of carbonyl (C=O) groups excluding carboxylic acids is 1. The molecule has 1 aromatic carbocycles. The van der Waals surface area contributed by atoms with Crippen molar-refractivity contribution in [2.45, 2.75) is 6.04 Å². The maximum Gasteiger partial charge on any atom is 0.243 e. The highest BCUT2D eigenvalue weighted by molar-refractivity contribution is 5.95. The normalized spacial score (nSPS) is 11.5. The van der Waals surface area contributed by atoms with Crippen LogP contribution in [0.15, 0.2) is 36.7 Å². The largest absolute Gasteiger partial charge is 0.383 e. The number of hydrogen-bond donors (Lipinski definition) is 2. The van der Waals surface area contributed by atoms with Gasteiger partial charge < -0.3 is 15.8 Å². The van der Waals surface area contributed by atoms with Crippen molar-refractivity contribution in [1.82, 2.24) is 15.0 Å². The third-order valence-electron chi connectivity index (χ3n) is 2.48. The second kappa shape index (κ2) is 7.59. The first-order valence-corrected chi connectivity index (χ1v) is 5.73. The Labute approximate surface area is 122 Å². The summed E-state index contributed by atoms with van der Waals surface area (Å²) in [5, 5.41) is 10.3. The molecule has 0 aliphatic rings. The van der Waals surface area contributed by atoms with Crippen molar-refractivity contribution in [2.75, 3.05) is 19.0 Å². The average Bonchev–Trinajstić information content (AvgIpc) is 2.93. The van der Waals surface area contributed by atoms with Gasteiger partial charge in [0.15, 0.2) is 0 Å². The van der Waals surface area contributed by atoms with Crippen LogP contribution in [0.4, 0.5) is 5.69 Å². The Hall–Kier alpha value is -1.96. The van der Waals surface area contributed by atoms with Crippen LogP contribution >= 0.6 is 12.4 Å². The summed E-state index contributed by atoms with van der Waals surface area (Å²) >= 11 is 0. The van der Waals surface area contributed by atoms with Gasteiger partial charge in [0.1, 0.15) is 6.04 Å². The third-order valence-corrected chi connectivity index (χ3v) is 2.48. The number of anilines is 1. The lowest BCUT2D eigenvalue weighted by atomic mass is 10.2. The second-order valence-corrected chi connectivity index (χ2v) is 3.95. The number of nitrogens with two attached hydrogens (primary N) is 1. The molecule has 108 valence electrons. The Morgan fingerprint density at radius 2 is 2.35 bits per heavy atom. The number of nitrogens with one attached hydrogen (secondary N) is 1. The summed E-state index contributed by atoms with van der Waals surface area (Å²) in [4.78, 5) is 11.7. The van der Waals surface area contributed by atoms with E-state index in [1.54, 1.807) is 29.2 Å². The van der Waals surface area contributed by atoms with Crippen LogP contribution in [0.3, 0.4) is 0 Å². The molecule has 1 heterocycles. The molecular formula is C12H16ClN5O2. The molecule has 20 heavy (non-hydrogen) atoms. The predicted octanol–water partition coefficient (Wildman–Crippen LogP) is 0.601. The zero-order valence-corrected chi connectivity index (χ0v) is 11.7. The van der Waals surface area contributed by atoms with E-state index in [1.165, 1.54) is 7.11 Å². The summed E-state index contributed by atoms with van der Waals surface area (Å²) in [6.07, 6.45) is 3.30. The smallest absolute Gasteiger partial charge is 0.243 e. The van der Waals surface area contributed by atoms with E-state index in [9.17, 15) is 4.79 Å². The molecule has 0 saturated heterocycles. The Morgan fingerprint density at radius 3 is 3.00 bits per heavy atom. The van der Waals surface area contributed by atoms with Crippen LogP contribution in [0.5, 0.6) is 0 Å². The third kappa shape index (κ3) is 4.02. The summed E-state index contributed by atoms with van der Waals surface area (Å²) in [5.41, 5.74) is 7.09. The molecule has 1 aromatic heterocycles. The number of benzene rings is 1. The minimum Gasteiger partial charge on any atom is -0.383 e. The van der Waals surface area contributed by atoms with Crippen LogP contribution in [0, 0.1) is 0 Å². The van der Waals surface area contributed by atoms with Gasteiger partial charge in [-0.1, -0.05) is 11.3 Å². The van der Waals surface area contributed by atoms with Crippen LogP contribution in [0.1, 0.15) is 0 Å². The monoisotopic (exact) mass is 297 g/mol. The summed E-state index contributed by atoms with van der Waals surface area (Å²) < 4.78 is 6.44. The van der Waals surface area contributed by atoms with Crippen molar-refractivity contribution in [3.8, 4) is 5.69 Å². The van der Waals surface area contributed by atoms with Crippen molar-refractivity contribution in [1.29, 1.82) is 0 Å². The number of aromatic nitrogens is 3. The molecule has 3 N–H and O–H groups in total. The second-order valence-electron chi connectivity index (χ2n) is 3.95. The van der Waals surface area contributed by atoms with Gasteiger partial charge >= 0.3 is 0 Å². The first-order chi connectivity index (χ1) is 9.20. The molecule has 0 fully saturated rings. The zero-order chi connectivity index (χ0) is 13.7. The summed E-state index contributed by atoms with van der Waals surface area (Å²) in [6, 6.07) is 6.54. The van der Waals surface area contributed by atoms with Gasteiger partial charge in [-0.15, -0.1) is 17.5 Å². The SMILES string of the molecule is COCC(N)C(=O)Nc1cccc(-n2ccnn2)c1.Cl. The minimum absolute atomic E-state index is 0. The molecule has 0 bridgehead atoms. The first-order valence-electron chi connectivity index (χ1n) is 5.73. The highest BCUT2D eigenvalue weighted by Gasteiger charge is 2.13. The van der Waals surface area contributed by atoms with Crippen molar-refractivity contribution in [3.63, 3.8) is 0 Å². The van der Waals surface area contributed by atoms with Gasteiger partial charge in [-0.3, -0.25) is 4.79 Å². The number of amides is 1. The molecule has 2 rings (SSSR count). The van der Waals surface area contributed by atoms with E-state index < -0.39 is 6.04 Å². The molecule has 1 unspecified atom stereocenters. The van der Waals surface area contributed by atoms with Gasteiger partial charge in [-0.2, -0.15) is 0 Å². The van der Waals surface area contributed by atoms with E-state index in [0.29, 0.717) is 5.69 Å². The van der Waals surface area contributed by atoms with Gasteiger partial charge in [0.2, 0.25) is 5.91 Å². The van der Waals surface area contributed by atoms with Gasteiger partial charge in [0.25, 0.3) is 0 Å². The van der Waals surface area contributed by atoms with E-state index in [4.69, 9.17) is 10.5 Å². The summed E-state index contributed by atoms with van der Waals surface area (Å²) in [5.74, 6) is -0.294. The van der Waals surface area contributed by atoms with Crippen LogP contribution in [-0.4, -0.2) is 40.7 Å². The van der Waals surface area contributed by atoms with Crippen molar-refractivity contribution in [2.24, 2.45) is 5.73 Å². The van der Waals surface area contributed by atoms with Crippen LogP contribution in [0.2, 0.25) is 0 Å². The number of ether oxygens (including phenoxy) is 1. The van der Waals surface area contributed by atoms with E-state index >= 15 is 0 Å². The Morgan fingerprint density at radius 1 is 1.55 bits per heavy atom. The lowest BCUT2D eigenvalue weighted by Crippen LogP contribution is -2.39. The molecule has 0 saturated carbocycles. The van der Waals surface area contributed by atoms with Crippen molar-refractivity contribution >= 4 is 24.0 Å². The van der Waals surface area contributed by atoms with E-state index in [0.717, 1.165) is 5.69 Å². The van der Waals surface area contributed by atoms with E-state index in [1.807, 2.05) is 12.1 Å². The fraction of sp³-hybridized carbons (Fsp3) is 0.250. The molecule has 7 nitrogen and oxygen atoms in total. The first kappa shape index (κ1) is 16.1.